The molecule has 0 saturated heterocycles. The molecule has 0 aliphatic rings. The predicted molar refractivity (Wildman–Crippen MR) is 110 cm³/mol. The molecule has 4 rings (SSSR count). The van der Waals surface area contributed by atoms with Crippen molar-refractivity contribution in [1.82, 2.24) is 9.78 Å². The lowest BCUT2D eigenvalue weighted by atomic mass is 10.1. The molecule has 0 spiro atoms. The summed E-state index contributed by atoms with van der Waals surface area (Å²) in [7, 11) is 1.58. The molecule has 0 amide bonds. The average Bonchev–Trinajstić information content (AvgIpc) is 2.96. The summed E-state index contributed by atoms with van der Waals surface area (Å²) in [4.78, 5) is 13.0. The van der Waals surface area contributed by atoms with Crippen molar-refractivity contribution in [3.05, 3.63) is 92.2 Å². The van der Waals surface area contributed by atoms with E-state index in [9.17, 15) is 4.79 Å². The Kier molecular flexibility index (Phi) is 4.34. The number of aromatic amines is 1. The van der Waals surface area contributed by atoms with Crippen molar-refractivity contribution in [3.8, 4) is 11.4 Å². The van der Waals surface area contributed by atoms with Crippen molar-refractivity contribution >= 4 is 35.0 Å². The molecule has 0 bridgehead atoms. The Morgan fingerprint density at radius 3 is 2.63 bits per heavy atom. The van der Waals surface area contributed by atoms with Crippen molar-refractivity contribution in [1.29, 1.82) is 0 Å². The quantitative estimate of drug-likeness (QED) is 0.596. The van der Waals surface area contributed by atoms with E-state index >= 15 is 0 Å². The zero-order valence-corrected chi connectivity index (χ0v) is 15.5. The molecule has 4 nitrogen and oxygen atoms in total. The highest BCUT2D eigenvalue weighted by Gasteiger charge is 2.08. The zero-order valence-electron chi connectivity index (χ0n) is 14.7. The van der Waals surface area contributed by atoms with Crippen LogP contribution in [-0.4, -0.2) is 16.9 Å². The molecule has 27 heavy (non-hydrogen) atoms. The van der Waals surface area contributed by atoms with Gasteiger partial charge in [-0.2, -0.15) is 0 Å². The van der Waals surface area contributed by atoms with Gasteiger partial charge in [0.2, 0.25) is 0 Å². The first-order chi connectivity index (χ1) is 13.1. The van der Waals surface area contributed by atoms with Crippen LogP contribution in [0.25, 0.3) is 29.1 Å². The lowest BCUT2D eigenvalue weighted by molar-refractivity contribution is 0.414. The van der Waals surface area contributed by atoms with Crippen molar-refractivity contribution in [2.24, 2.45) is 0 Å². The fraction of sp³-hybridized carbons (Fsp3) is 0.0455. The monoisotopic (exact) mass is 376 g/mol. The minimum absolute atomic E-state index is 0.183. The summed E-state index contributed by atoms with van der Waals surface area (Å²) in [5.41, 5.74) is 1.29. The lowest BCUT2D eigenvalue weighted by Gasteiger charge is -2.04. The third-order valence-electron chi connectivity index (χ3n) is 4.49. The Hall–Kier alpha value is -3.24. The van der Waals surface area contributed by atoms with Gasteiger partial charge in [0, 0.05) is 10.6 Å². The molecular formula is C22H17ClN2O2. The summed E-state index contributed by atoms with van der Waals surface area (Å²) in [6, 6.07) is 19.1. The minimum atomic E-state index is -0.183. The number of nitrogens with zero attached hydrogens (tertiary/aromatic N) is 1. The normalized spacial score (nSPS) is 11.9. The number of ether oxygens (including phenoxy) is 1. The number of hydrogen-bond donors (Lipinski definition) is 1. The molecule has 0 radical (unpaired) electrons. The van der Waals surface area contributed by atoms with Crippen LogP contribution in [0.15, 0.2) is 65.5 Å². The molecule has 0 unspecified atom stereocenters. The van der Waals surface area contributed by atoms with Crippen molar-refractivity contribution < 1.29 is 4.74 Å². The van der Waals surface area contributed by atoms with Crippen LogP contribution in [0.1, 0.15) is 5.56 Å². The van der Waals surface area contributed by atoms with E-state index in [2.05, 4.69) is 11.7 Å². The number of H-pyrrole nitrogens is 1. The number of hydrogen-bond acceptors (Lipinski definition) is 2. The van der Waals surface area contributed by atoms with E-state index in [1.807, 2.05) is 42.5 Å². The SMILES string of the molecule is C=c1[nH]n(-c2ccc3ccccc3c2)c(=O)c1=Cc1cc(Cl)ccc1OC. The van der Waals surface area contributed by atoms with Gasteiger partial charge in [-0.15, -0.1) is 0 Å². The van der Waals surface area contributed by atoms with E-state index in [0.717, 1.165) is 22.0 Å². The number of methoxy groups -OCH3 is 1. The predicted octanol–water partition coefficient (Wildman–Crippen LogP) is 3.22. The molecule has 1 heterocycles. The highest BCUT2D eigenvalue weighted by atomic mass is 35.5. The highest BCUT2D eigenvalue weighted by molar-refractivity contribution is 6.30. The molecule has 0 aliphatic heterocycles. The maximum atomic E-state index is 13.0. The average molecular weight is 377 g/mol. The molecule has 0 saturated carbocycles. The number of benzene rings is 3. The first-order valence-electron chi connectivity index (χ1n) is 8.41. The van der Waals surface area contributed by atoms with E-state index in [1.165, 1.54) is 4.68 Å². The van der Waals surface area contributed by atoms with Gasteiger partial charge in [-0.25, -0.2) is 4.68 Å². The second kappa shape index (κ2) is 6.82. The Morgan fingerprint density at radius 2 is 1.85 bits per heavy atom. The van der Waals surface area contributed by atoms with Gasteiger partial charge in [0.05, 0.1) is 23.4 Å². The van der Waals surface area contributed by atoms with E-state index in [-0.39, 0.29) is 5.56 Å². The summed E-state index contributed by atoms with van der Waals surface area (Å²) >= 11 is 6.09. The number of halogens is 1. The first kappa shape index (κ1) is 17.2. The third kappa shape index (κ3) is 3.15. The summed E-state index contributed by atoms with van der Waals surface area (Å²) < 4.78 is 6.86. The fourth-order valence-corrected chi connectivity index (χ4v) is 3.30. The molecule has 134 valence electrons. The standard InChI is InChI=1S/C22H17ClN2O2/c1-14-20(13-17-11-18(23)8-10-21(17)27-2)22(26)25(24-14)19-9-7-15-5-3-4-6-16(15)12-19/h3-13,24H,1H2,2H3. The Balaban J connectivity index is 1.91. The van der Waals surface area contributed by atoms with Crippen molar-refractivity contribution in [2.75, 3.05) is 7.11 Å². The van der Waals surface area contributed by atoms with Gasteiger partial charge in [-0.3, -0.25) is 9.89 Å². The molecule has 4 aromatic rings. The maximum absolute atomic E-state index is 13.0. The topological polar surface area (TPSA) is 47.0 Å². The zero-order chi connectivity index (χ0) is 19.0. The van der Waals surface area contributed by atoms with Crippen LogP contribution in [0, 0.1) is 0 Å². The Bertz CT molecular complexity index is 1320. The van der Waals surface area contributed by atoms with Gasteiger partial charge in [0.25, 0.3) is 5.56 Å². The molecular weight excluding hydrogens is 360 g/mol. The largest absolute Gasteiger partial charge is 0.496 e. The minimum Gasteiger partial charge on any atom is -0.496 e. The van der Waals surface area contributed by atoms with Crippen molar-refractivity contribution in [2.45, 2.75) is 0 Å². The third-order valence-corrected chi connectivity index (χ3v) is 4.72. The van der Waals surface area contributed by atoms with Gasteiger partial charge in [-0.05, 0) is 47.2 Å². The maximum Gasteiger partial charge on any atom is 0.279 e. The van der Waals surface area contributed by atoms with Crippen LogP contribution in [0.4, 0.5) is 0 Å². The molecule has 1 aromatic heterocycles. The van der Waals surface area contributed by atoms with Gasteiger partial charge in [-0.1, -0.05) is 48.5 Å². The highest BCUT2D eigenvalue weighted by Crippen LogP contribution is 2.23. The molecule has 0 fully saturated rings. The van der Waals surface area contributed by atoms with Crippen LogP contribution in [0.5, 0.6) is 5.75 Å². The number of fused-ring (bicyclic) bond motifs is 1. The summed E-state index contributed by atoms with van der Waals surface area (Å²) in [6.45, 7) is 3.98. The smallest absolute Gasteiger partial charge is 0.279 e. The van der Waals surface area contributed by atoms with Crippen LogP contribution >= 0.6 is 11.6 Å². The van der Waals surface area contributed by atoms with E-state index in [0.29, 0.717) is 21.3 Å². The molecule has 5 heteroatoms. The second-order valence-corrected chi connectivity index (χ2v) is 6.64. The first-order valence-corrected chi connectivity index (χ1v) is 8.79. The molecule has 0 atom stereocenters. The fourth-order valence-electron chi connectivity index (χ4n) is 3.12. The van der Waals surface area contributed by atoms with Crippen LogP contribution < -0.4 is 20.9 Å². The Labute approximate surface area is 160 Å². The second-order valence-electron chi connectivity index (χ2n) is 6.21. The van der Waals surface area contributed by atoms with Gasteiger partial charge < -0.3 is 4.74 Å². The molecule has 0 aliphatic carbocycles. The Morgan fingerprint density at radius 1 is 1.07 bits per heavy atom. The number of nitrogens with one attached hydrogen (secondary N) is 1. The van der Waals surface area contributed by atoms with Gasteiger partial charge >= 0.3 is 0 Å². The summed E-state index contributed by atoms with van der Waals surface area (Å²) in [5, 5.41) is 6.78. The van der Waals surface area contributed by atoms with E-state index < -0.39 is 0 Å². The van der Waals surface area contributed by atoms with Gasteiger partial charge in [0.1, 0.15) is 5.75 Å². The van der Waals surface area contributed by atoms with E-state index in [4.69, 9.17) is 16.3 Å². The van der Waals surface area contributed by atoms with Crippen LogP contribution in [0.3, 0.4) is 0 Å². The molecule has 3 aromatic carbocycles. The van der Waals surface area contributed by atoms with Crippen molar-refractivity contribution in [3.63, 3.8) is 0 Å². The van der Waals surface area contributed by atoms with Crippen LogP contribution in [-0.2, 0) is 0 Å². The van der Waals surface area contributed by atoms with Gasteiger partial charge in [0.15, 0.2) is 0 Å². The molecule has 1 N–H and O–H groups in total. The number of rotatable bonds is 3. The summed E-state index contributed by atoms with van der Waals surface area (Å²) in [6.07, 6.45) is 1.74. The lowest BCUT2D eigenvalue weighted by Crippen LogP contribution is -2.34. The number of aromatic nitrogens is 2. The summed E-state index contributed by atoms with van der Waals surface area (Å²) in [5.74, 6) is 0.636. The van der Waals surface area contributed by atoms with Crippen LogP contribution in [0.2, 0.25) is 5.02 Å². The van der Waals surface area contributed by atoms with E-state index in [1.54, 1.807) is 31.4 Å².